The van der Waals surface area contributed by atoms with Gasteiger partial charge in [-0.15, -0.1) is 0 Å². The van der Waals surface area contributed by atoms with E-state index in [1.165, 1.54) is 7.05 Å². The molecule has 2 heterocycles. The quantitative estimate of drug-likeness (QED) is 0.402. The molecule has 1 aliphatic rings. The van der Waals surface area contributed by atoms with E-state index in [4.69, 9.17) is 9.15 Å². The number of nitro groups is 1. The predicted octanol–water partition coefficient (Wildman–Crippen LogP) is 2.99. The molecule has 7 nitrogen and oxygen atoms in total. The maximum atomic E-state index is 12.7. The zero-order valence-corrected chi connectivity index (χ0v) is 13.8. The highest BCUT2D eigenvalue weighted by molar-refractivity contribution is 5.94. The Morgan fingerprint density at radius 1 is 1.08 bits per heavy atom. The summed E-state index contributed by atoms with van der Waals surface area (Å²) in [7, 11) is 1.44. The Balaban J connectivity index is 2.10. The Morgan fingerprint density at radius 2 is 1.77 bits per heavy atom. The topological polar surface area (TPSA) is 94.9 Å². The van der Waals surface area contributed by atoms with E-state index in [1.807, 2.05) is 6.07 Å². The molecule has 1 aliphatic heterocycles. The number of hydrogen-bond acceptors (Lipinski definition) is 6. The maximum absolute atomic E-state index is 12.7. The Morgan fingerprint density at radius 3 is 2.46 bits per heavy atom. The monoisotopic (exact) mass is 350 g/mol. The van der Waals surface area contributed by atoms with Gasteiger partial charge in [0, 0.05) is 12.0 Å². The van der Waals surface area contributed by atoms with Crippen LogP contribution in [-0.4, -0.2) is 23.9 Å². The summed E-state index contributed by atoms with van der Waals surface area (Å²) in [5.41, 5.74) is 0.485. The van der Waals surface area contributed by atoms with Crippen LogP contribution in [0.2, 0.25) is 0 Å². The molecule has 0 bridgehead atoms. The van der Waals surface area contributed by atoms with E-state index in [1.54, 1.807) is 48.5 Å². The van der Waals surface area contributed by atoms with Gasteiger partial charge in [0.2, 0.25) is 0 Å². The molecule has 2 aromatic carbocycles. The lowest BCUT2D eigenvalue weighted by atomic mass is 9.83. The van der Waals surface area contributed by atoms with Crippen molar-refractivity contribution in [2.45, 2.75) is 12.0 Å². The lowest BCUT2D eigenvalue weighted by molar-refractivity contribution is -0.507. The molecule has 4 rings (SSSR count). The van der Waals surface area contributed by atoms with Gasteiger partial charge in [-0.3, -0.25) is 15.1 Å². The molecule has 0 aliphatic carbocycles. The van der Waals surface area contributed by atoms with Gasteiger partial charge in [-0.05, 0) is 17.7 Å². The van der Waals surface area contributed by atoms with Gasteiger partial charge in [-0.25, -0.2) is 4.79 Å². The van der Waals surface area contributed by atoms with Crippen molar-refractivity contribution in [3.05, 3.63) is 86.3 Å². The van der Waals surface area contributed by atoms with E-state index < -0.39 is 22.5 Å². The average Bonchev–Trinajstić information content (AvgIpc) is 2.67. The minimum absolute atomic E-state index is 0.0351. The first-order valence-corrected chi connectivity index (χ1v) is 8.00. The molecule has 0 spiro atoms. The Kier molecular flexibility index (Phi) is 3.76. The van der Waals surface area contributed by atoms with Crippen molar-refractivity contribution < 1.29 is 14.1 Å². The van der Waals surface area contributed by atoms with Gasteiger partial charge in [0.15, 0.2) is 5.75 Å². The van der Waals surface area contributed by atoms with E-state index in [9.17, 15) is 14.9 Å². The number of aliphatic imine (C=N–C) groups is 1. The minimum atomic E-state index is -1.31. The third-order valence-electron chi connectivity index (χ3n) is 4.49. The van der Waals surface area contributed by atoms with Crippen LogP contribution >= 0.6 is 0 Å². The lowest BCUT2D eigenvalue weighted by Crippen LogP contribution is -2.44. The van der Waals surface area contributed by atoms with Crippen LogP contribution in [0.4, 0.5) is 0 Å². The van der Waals surface area contributed by atoms with E-state index in [0.717, 1.165) is 0 Å². The minimum Gasteiger partial charge on any atom is -0.436 e. The highest BCUT2D eigenvalue weighted by Gasteiger charge is 2.48. The van der Waals surface area contributed by atoms with Crippen molar-refractivity contribution in [3.63, 3.8) is 0 Å². The fourth-order valence-electron chi connectivity index (χ4n) is 3.38. The molecule has 0 saturated carbocycles. The molecule has 26 heavy (non-hydrogen) atoms. The molecule has 0 fully saturated rings. The standard InChI is InChI=1S/C19H14N2O5/c1-20-18-16(21(23)24)14(11-7-3-2-4-8-11)15-17(26-18)12-9-5-6-10-13(12)25-19(15)22/h2-10,14,16H,1H3. The summed E-state index contributed by atoms with van der Waals surface area (Å²) in [6.07, 6.45) is 0. The molecule has 130 valence electrons. The third-order valence-corrected chi connectivity index (χ3v) is 4.49. The number of fused-ring (bicyclic) bond motifs is 3. The highest BCUT2D eigenvalue weighted by Crippen LogP contribution is 2.41. The second-order valence-corrected chi connectivity index (χ2v) is 5.91. The van der Waals surface area contributed by atoms with Crippen LogP contribution in [0.1, 0.15) is 17.0 Å². The molecule has 0 amide bonds. The number of hydrogen-bond donors (Lipinski definition) is 0. The van der Waals surface area contributed by atoms with Gasteiger partial charge in [-0.1, -0.05) is 42.5 Å². The molecule has 7 heteroatoms. The summed E-state index contributed by atoms with van der Waals surface area (Å²) in [5, 5.41) is 12.4. The summed E-state index contributed by atoms with van der Waals surface area (Å²) >= 11 is 0. The maximum Gasteiger partial charge on any atom is 0.344 e. The molecule has 1 aromatic heterocycles. The Labute approximate surface area is 147 Å². The molecule has 0 saturated heterocycles. The molecule has 2 unspecified atom stereocenters. The number of benzene rings is 2. The zero-order chi connectivity index (χ0) is 18.3. The van der Waals surface area contributed by atoms with Gasteiger partial charge >= 0.3 is 5.63 Å². The SMILES string of the molecule is CN=C1Oc2c(c(=O)oc3ccccc23)C(c2ccccc2)C1[N+](=O)[O-]. The number of nitrogens with zero attached hydrogens (tertiary/aromatic N) is 2. The Bertz CT molecular complexity index is 1090. The summed E-state index contributed by atoms with van der Waals surface area (Å²) in [6.45, 7) is 0. The van der Waals surface area contributed by atoms with Gasteiger partial charge in [-0.2, -0.15) is 0 Å². The Hall–Kier alpha value is -3.48. The fourth-order valence-corrected chi connectivity index (χ4v) is 3.38. The van der Waals surface area contributed by atoms with Crippen LogP contribution in [-0.2, 0) is 0 Å². The van der Waals surface area contributed by atoms with Crippen molar-refractivity contribution >= 4 is 16.9 Å². The molecule has 3 aromatic rings. The highest BCUT2D eigenvalue weighted by atomic mass is 16.6. The van der Waals surface area contributed by atoms with Crippen LogP contribution in [0.25, 0.3) is 11.0 Å². The lowest BCUT2D eigenvalue weighted by Gasteiger charge is -2.28. The van der Waals surface area contributed by atoms with Gasteiger partial charge in [0.25, 0.3) is 11.9 Å². The van der Waals surface area contributed by atoms with Crippen LogP contribution in [0, 0.1) is 10.1 Å². The van der Waals surface area contributed by atoms with E-state index in [2.05, 4.69) is 4.99 Å². The smallest absolute Gasteiger partial charge is 0.344 e. The zero-order valence-electron chi connectivity index (χ0n) is 13.8. The number of rotatable bonds is 2. The normalized spacial score (nSPS) is 20.6. The summed E-state index contributed by atoms with van der Waals surface area (Å²) in [5.74, 6) is -0.619. The van der Waals surface area contributed by atoms with Crippen molar-refractivity contribution in [1.29, 1.82) is 0 Å². The van der Waals surface area contributed by atoms with Crippen LogP contribution in [0.5, 0.6) is 5.75 Å². The molecular weight excluding hydrogens is 336 g/mol. The van der Waals surface area contributed by atoms with Crippen molar-refractivity contribution in [2.75, 3.05) is 7.05 Å². The van der Waals surface area contributed by atoms with Crippen molar-refractivity contribution in [1.82, 2.24) is 0 Å². The molecular formula is C19H14N2O5. The van der Waals surface area contributed by atoms with Gasteiger partial charge in [0.1, 0.15) is 5.58 Å². The largest absolute Gasteiger partial charge is 0.436 e. The van der Waals surface area contributed by atoms with Crippen LogP contribution < -0.4 is 10.4 Å². The molecule has 0 radical (unpaired) electrons. The van der Waals surface area contributed by atoms with Crippen LogP contribution in [0.3, 0.4) is 0 Å². The first-order chi connectivity index (χ1) is 12.6. The summed E-state index contributed by atoms with van der Waals surface area (Å²) in [6, 6.07) is 14.5. The first-order valence-electron chi connectivity index (χ1n) is 8.00. The first kappa shape index (κ1) is 16.0. The second-order valence-electron chi connectivity index (χ2n) is 5.91. The number of para-hydroxylation sites is 1. The van der Waals surface area contributed by atoms with E-state index in [0.29, 0.717) is 16.5 Å². The molecule has 0 N–H and O–H groups in total. The average molecular weight is 350 g/mol. The van der Waals surface area contributed by atoms with Gasteiger partial charge in [0.05, 0.1) is 16.9 Å². The predicted molar refractivity (Wildman–Crippen MR) is 95.5 cm³/mol. The summed E-state index contributed by atoms with van der Waals surface area (Å²) in [4.78, 5) is 28.0. The van der Waals surface area contributed by atoms with Crippen molar-refractivity contribution in [2.24, 2.45) is 4.99 Å². The number of ether oxygens (including phenoxy) is 1. The third kappa shape index (κ3) is 2.36. The van der Waals surface area contributed by atoms with Crippen molar-refractivity contribution in [3.8, 4) is 5.75 Å². The van der Waals surface area contributed by atoms with E-state index in [-0.39, 0.29) is 17.2 Å². The summed E-state index contributed by atoms with van der Waals surface area (Å²) < 4.78 is 11.2. The molecule has 2 atom stereocenters. The van der Waals surface area contributed by atoms with E-state index >= 15 is 0 Å². The second kappa shape index (κ2) is 6.11. The fraction of sp³-hybridized carbons (Fsp3) is 0.158. The van der Waals surface area contributed by atoms with Crippen LogP contribution in [0.15, 0.2) is 68.8 Å². The van der Waals surface area contributed by atoms with Gasteiger partial charge < -0.3 is 9.15 Å².